The van der Waals surface area contributed by atoms with Gasteiger partial charge in [-0.2, -0.15) is 0 Å². The van der Waals surface area contributed by atoms with E-state index in [1.165, 1.54) is 0 Å². The summed E-state index contributed by atoms with van der Waals surface area (Å²) in [6.45, 7) is 0. The molecule has 164 valence electrons. The molecule has 0 spiro atoms. The van der Waals surface area contributed by atoms with Gasteiger partial charge in [-0.25, -0.2) is 18.9 Å². The monoisotopic (exact) mass is 442 g/mol. The Labute approximate surface area is 187 Å². The highest BCUT2D eigenvalue weighted by molar-refractivity contribution is 6.04. The number of allylic oxidation sites excluding steroid dienone is 3. The predicted molar refractivity (Wildman–Crippen MR) is 123 cm³/mol. The molecule has 1 aliphatic carbocycles. The topological polar surface area (TPSA) is 104 Å². The van der Waals surface area contributed by atoms with Crippen molar-refractivity contribution in [2.24, 2.45) is 4.99 Å². The number of H-pyrrole nitrogens is 1. The minimum Gasteiger partial charge on any atom is -0.345 e. The second kappa shape index (κ2) is 7.37. The van der Waals surface area contributed by atoms with Crippen LogP contribution in [-0.2, 0) is 0 Å². The molecule has 2 aliphatic rings. The summed E-state index contributed by atoms with van der Waals surface area (Å²) in [4.78, 5) is 26.3. The van der Waals surface area contributed by atoms with Crippen LogP contribution in [0.4, 0.5) is 14.9 Å². The summed E-state index contributed by atoms with van der Waals surface area (Å²) >= 11 is 0. The second-order valence-corrected chi connectivity index (χ2v) is 7.87. The Kier molecular flexibility index (Phi) is 4.32. The van der Waals surface area contributed by atoms with Crippen LogP contribution >= 0.6 is 0 Å². The first-order valence-electron chi connectivity index (χ1n) is 10.5. The number of para-hydroxylation sites is 1. The molecule has 0 saturated carbocycles. The minimum absolute atomic E-state index is 0.303. The predicted octanol–water partition coefficient (Wildman–Crippen LogP) is 3.31. The van der Waals surface area contributed by atoms with Crippen LogP contribution in [-0.4, -0.2) is 56.0 Å². The maximum atomic E-state index is 15.6. The Morgan fingerprint density at radius 2 is 2.03 bits per heavy atom. The molecule has 3 unspecified atom stereocenters. The Balaban J connectivity index is 1.53. The third kappa shape index (κ3) is 2.94. The zero-order valence-electron chi connectivity index (χ0n) is 17.6. The number of rotatable bonds is 3. The fourth-order valence-electron chi connectivity index (χ4n) is 4.54. The van der Waals surface area contributed by atoms with Gasteiger partial charge < -0.3 is 10.3 Å². The molecule has 2 aromatic heterocycles. The van der Waals surface area contributed by atoms with Crippen molar-refractivity contribution in [1.82, 2.24) is 30.3 Å². The number of nitrogens with zero attached hydrogens (tertiary/aromatic N) is 6. The maximum Gasteiger partial charge on any atom is 0.324 e. The number of aromatic nitrogens is 5. The van der Waals surface area contributed by atoms with Crippen LogP contribution in [0.15, 0.2) is 77.6 Å². The van der Waals surface area contributed by atoms with Gasteiger partial charge in [0, 0.05) is 12.7 Å². The number of nitrogens with one attached hydrogen (secondary N) is 2. The zero-order valence-corrected chi connectivity index (χ0v) is 17.6. The molecular weight excluding hydrogens is 423 g/mol. The first kappa shape index (κ1) is 19.4. The Bertz CT molecular complexity index is 1480. The van der Waals surface area contributed by atoms with Gasteiger partial charge in [0.2, 0.25) is 0 Å². The highest BCUT2D eigenvalue weighted by atomic mass is 19.1. The van der Waals surface area contributed by atoms with E-state index in [1.54, 1.807) is 41.2 Å². The number of urea groups is 1. The SMILES string of the molecule is CN=C1C=CC=C(C2C(n3nnc4ccccc43)NC(=O)N2c2ccc3[nH]cnc3c2)C1F. The van der Waals surface area contributed by atoms with Gasteiger partial charge in [0.25, 0.3) is 0 Å². The first-order valence-corrected chi connectivity index (χ1v) is 10.5. The number of amides is 2. The molecule has 10 heteroatoms. The molecule has 3 heterocycles. The quantitative estimate of drug-likeness (QED) is 0.508. The van der Waals surface area contributed by atoms with Gasteiger partial charge in [0.1, 0.15) is 11.6 Å². The number of fused-ring (bicyclic) bond motifs is 2. The molecule has 1 aliphatic heterocycles. The number of aliphatic imine (C=N–C) groups is 1. The summed E-state index contributed by atoms with van der Waals surface area (Å²) in [5.41, 5.74) is 4.29. The van der Waals surface area contributed by atoms with Crippen molar-refractivity contribution in [3.8, 4) is 0 Å². The number of carbonyl (C=O) groups excluding carboxylic acids is 1. The number of carbonyl (C=O) groups is 1. The molecule has 1 saturated heterocycles. The van der Waals surface area contributed by atoms with E-state index in [4.69, 9.17) is 0 Å². The lowest BCUT2D eigenvalue weighted by molar-refractivity contribution is 0.248. The molecule has 1 fully saturated rings. The molecule has 33 heavy (non-hydrogen) atoms. The van der Waals surface area contributed by atoms with E-state index >= 15 is 4.39 Å². The summed E-state index contributed by atoms with van der Waals surface area (Å²) in [6.07, 6.45) is 4.54. The van der Waals surface area contributed by atoms with Crippen molar-refractivity contribution in [1.29, 1.82) is 0 Å². The van der Waals surface area contributed by atoms with E-state index in [0.29, 0.717) is 28.0 Å². The van der Waals surface area contributed by atoms with E-state index in [-0.39, 0.29) is 6.03 Å². The van der Waals surface area contributed by atoms with E-state index in [1.807, 2.05) is 42.5 Å². The molecule has 2 amide bonds. The average molecular weight is 442 g/mol. The lowest BCUT2D eigenvalue weighted by atomic mass is 9.92. The van der Waals surface area contributed by atoms with Crippen LogP contribution in [0.3, 0.4) is 0 Å². The number of hydrogen-bond donors (Lipinski definition) is 2. The van der Waals surface area contributed by atoms with Gasteiger partial charge >= 0.3 is 6.03 Å². The summed E-state index contributed by atoms with van der Waals surface area (Å²) < 4.78 is 17.3. The van der Waals surface area contributed by atoms with Crippen LogP contribution in [0.5, 0.6) is 0 Å². The van der Waals surface area contributed by atoms with E-state index in [2.05, 4.69) is 30.6 Å². The molecule has 4 aromatic rings. The molecule has 0 radical (unpaired) electrons. The molecule has 3 atom stereocenters. The highest BCUT2D eigenvalue weighted by Gasteiger charge is 2.47. The zero-order chi connectivity index (χ0) is 22.5. The number of benzene rings is 2. The van der Waals surface area contributed by atoms with Crippen molar-refractivity contribution in [3.63, 3.8) is 0 Å². The summed E-state index contributed by atoms with van der Waals surface area (Å²) in [6, 6.07) is 11.9. The van der Waals surface area contributed by atoms with Gasteiger partial charge in [0.15, 0.2) is 12.3 Å². The lowest BCUT2D eigenvalue weighted by Gasteiger charge is -2.31. The van der Waals surface area contributed by atoms with Gasteiger partial charge in [-0.05, 0) is 42.0 Å². The van der Waals surface area contributed by atoms with Gasteiger partial charge in [-0.3, -0.25) is 9.89 Å². The standard InChI is InChI=1S/C23H19FN8O/c1-25-17-7-4-5-14(20(17)24)21-22(32-19-8-3-2-6-16(19)29-30-32)28-23(33)31(21)13-9-10-15-18(11-13)27-12-26-15/h2-12,20-22H,1H3,(H,26,27)(H,28,33). The van der Waals surface area contributed by atoms with Crippen molar-refractivity contribution >= 4 is 39.5 Å². The summed E-state index contributed by atoms with van der Waals surface area (Å²) in [5, 5.41) is 11.5. The molecule has 6 rings (SSSR count). The number of aromatic amines is 1. The average Bonchev–Trinajstić information content (AvgIpc) is 3.55. The van der Waals surface area contributed by atoms with Crippen molar-refractivity contribution in [2.45, 2.75) is 18.4 Å². The molecule has 2 aromatic carbocycles. The maximum absolute atomic E-state index is 15.6. The second-order valence-electron chi connectivity index (χ2n) is 7.87. The largest absolute Gasteiger partial charge is 0.345 e. The van der Waals surface area contributed by atoms with Crippen molar-refractivity contribution in [2.75, 3.05) is 11.9 Å². The van der Waals surface area contributed by atoms with Gasteiger partial charge in [-0.1, -0.05) is 29.5 Å². The molecule has 2 N–H and O–H groups in total. The Morgan fingerprint density at radius 1 is 1.15 bits per heavy atom. The summed E-state index contributed by atoms with van der Waals surface area (Å²) in [5.74, 6) is 0. The minimum atomic E-state index is -1.47. The number of hydrogen-bond acceptors (Lipinski definition) is 5. The number of alkyl halides is 1. The van der Waals surface area contributed by atoms with E-state index in [0.717, 1.165) is 11.0 Å². The van der Waals surface area contributed by atoms with Gasteiger partial charge in [-0.15, -0.1) is 5.10 Å². The van der Waals surface area contributed by atoms with Crippen LogP contribution in [0.2, 0.25) is 0 Å². The van der Waals surface area contributed by atoms with Crippen LogP contribution < -0.4 is 10.2 Å². The van der Waals surface area contributed by atoms with Crippen molar-refractivity contribution < 1.29 is 9.18 Å². The lowest BCUT2D eigenvalue weighted by Crippen LogP contribution is -2.42. The number of halogens is 1. The highest BCUT2D eigenvalue weighted by Crippen LogP contribution is 2.37. The van der Waals surface area contributed by atoms with Crippen LogP contribution in [0.25, 0.3) is 22.1 Å². The van der Waals surface area contributed by atoms with Gasteiger partial charge in [0.05, 0.1) is 28.6 Å². The smallest absolute Gasteiger partial charge is 0.324 e. The third-order valence-corrected chi connectivity index (χ3v) is 6.10. The fraction of sp³-hybridized carbons (Fsp3) is 0.174. The van der Waals surface area contributed by atoms with Crippen molar-refractivity contribution in [3.05, 3.63) is 72.6 Å². The normalized spacial score (nSPS) is 24.1. The Morgan fingerprint density at radius 3 is 2.91 bits per heavy atom. The molecule has 9 nitrogen and oxygen atoms in total. The fourth-order valence-corrected chi connectivity index (χ4v) is 4.54. The van der Waals surface area contributed by atoms with E-state index < -0.39 is 18.4 Å². The van der Waals surface area contributed by atoms with Crippen LogP contribution in [0, 0.1) is 0 Å². The summed E-state index contributed by atoms with van der Waals surface area (Å²) in [7, 11) is 1.55. The third-order valence-electron chi connectivity index (χ3n) is 6.10. The molecule has 0 bridgehead atoms. The Hall–Kier alpha value is -4.34. The number of imidazole rings is 1. The first-order chi connectivity index (χ1) is 16.2. The molecular formula is C23H19FN8O. The number of anilines is 1. The van der Waals surface area contributed by atoms with Crippen LogP contribution in [0.1, 0.15) is 6.17 Å². The van der Waals surface area contributed by atoms with E-state index in [9.17, 15) is 4.79 Å².